The van der Waals surface area contributed by atoms with Crippen LogP contribution in [-0.4, -0.2) is 40.7 Å². The van der Waals surface area contributed by atoms with Crippen LogP contribution in [0.2, 0.25) is 5.02 Å². The Bertz CT molecular complexity index is 1610. The Kier molecular flexibility index (Phi) is 9.06. The van der Waals surface area contributed by atoms with Crippen molar-refractivity contribution in [3.05, 3.63) is 88.6 Å². The van der Waals surface area contributed by atoms with Gasteiger partial charge < -0.3 is 5.32 Å². The fourth-order valence-electron chi connectivity index (χ4n) is 5.20. The molecular formula is C30H26ClF4N5O3. The number of carbonyl (C=O) groups excluding carboxylic acids is 3. The Morgan fingerprint density at radius 1 is 1.14 bits per heavy atom. The topological polar surface area (TPSA) is 106 Å². The summed E-state index contributed by atoms with van der Waals surface area (Å²) in [5, 5.41) is 11.9. The Morgan fingerprint density at radius 2 is 1.86 bits per heavy atom. The number of rotatable bonds is 7. The smallest absolute Gasteiger partial charge is 0.252 e. The lowest BCUT2D eigenvalue weighted by Gasteiger charge is -2.39. The molecule has 3 aromatic rings. The van der Waals surface area contributed by atoms with Crippen LogP contribution in [0.3, 0.4) is 0 Å². The van der Waals surface area contributed by atoms with E-state index in [1.54, 1.807) is 18.2 Å². The van der Waals surface area contributed by atoms with Crippen molar-refractivity contribution in [1.29, 1.82) is 5.26 Å². The van der Waals surface area contributed by atoms with Gasteiger partial charge in [-0.25, -0.2) is 22.5 Å². The number of nitriles is 1. The molecule has 5 rings (SSSR count). The van der Waals surface area contributed by atoms with Gasteiger partial charge in [-0.2, -0.15) is 5.26 Å². The molecule has 1 N–H and O–H groups in total. The molecule has 1 aliphatic heterocycles. The van der Waals surface area contributed by atoms with Gasteiger partial charge >= 0.3 is 0 Å². The average molecular weight is 616 g/mol. The van der Waals surface area contributed by atoms with Gasteiger partial charge in [0.15, 0.2) is 11.6 Å². The molecule has 0 bridgehead atoms. The van der Waals surface area contributed by atoms with Crippen LogP contribution in [-0.2, 0) is 14.4 Å². The lowest BCUT2D eigenvalue weighted by molar-refractivity contribution is -0.133. The quantitative estimate of drug-likeness (QED) is 0.343. The molecular weight excluding hydrogens is 590 g/mol. The summed E-state index contributed by atoms with van der Waals surface area (Å²) in [6.07, 6.45) is -0.401. The second-order valence-electron chi connectivity index (χ2n) is 10.0. The van der Waals surface area contributed by atoms with Crippen LogP contribution in [0.1, 0.15) is 50.3 Å². The molecule has 2 heterocycles. The van der Waals surface area contributed by atoms with E-state index in [0.717, 1.165) is 34.2 Å². The standard InChI is InChI=1S/C29H22ClF4N5O3.CH4/c30-21-7-2-1-6-20(21)25(27(41)37-18-13-29(33,34)14-18)38(19-5-3-4-17(31)12-19)28(42)22-8-9-23(40)39(22)26-24(32)16(15-35)10-11-36-26;/h1-7,10-12,18,22,25H,8-9,13-14H2,(H,37,41);1H4/t22-,25-;/m0./s1. The van der Waals surface area contributed by atoms with Crippen LogP contribution in [0.4, 0.5) is 29.1 Å². The Morgan fingerprint density at radius 3 is 2.51 bits per heavy atom. The zero-order valence-electron chi connectivity index (χ0n) is 21.7. The number of hydrogen-bond acceptors (Lipinski definition) is 5. The lowest BCUT2D eigenvalue weighted by atomic mass is 9.87. The second kappa shape index (κ2) is 12.4. The molecule has 0 spiro atoms. The van der Waals surface area contributed by atoms with Gasteiger partial charge in [-0.1, -0.05) is 43.3 Å². The molecule has 2 atom stereocenters. The maximum absolute atomic E-state index is 15.2. The first kappa shape index (κ1) is 31.4. The highest BCUT2D eigenvalue weighted by molar-refractivity contribution is 6.31. The van der Waals surface area contributed by atoms with E-state index in [0.29, 0.717) is 0 Å². The first-order valence-electron chi connectivity index (χ1n) is 12.9. The number of nitrogens with one attached hydrogen (secondary N) is 1. The van der Waals surface area contributed by atoms with Crippen LogP contribution < -0.4 is 15.1 Å². The van der Waals surface area contributed by atoms with Crippen LogP contribution in [0, 0.1) is 23.0 Å². The fraction of sp³-hybridized carbons (Fsp3) is 0.300. The number of aromatic nitrogens is 1. The summed E-state index contributed by atoms with van der Waals surface area (Å²) < 4.78 is 56.8. The molecule has 1 aliphatic carbocycles. The SMILES string of the molecule is C.N#Cc1ccnc(N2C(=O)CC[C@H]2C(=O)N(c2cccc(F)c2)[C@H](C(=O)NC2CC(F)(F)C2)c2ccccc2Cl)c1F. The van der Waals surface area contributed by atoms with Gasteiger partial charge in [0.2, 0.25) is 11.8 Å². The van der Waals surface area contributed by atoms with Crippen molar-refractivity contribution in [2.45, 2.75) is 57.2 Å². The summed E-state index contributed by atoms with van der Waals surface area (Å²) in [6.45, 7) is 0. The van der Waals surface area contributed by atoms with E-state index in [9.17, 15) is 32.8 Å². The van der Waals surface area contributed by atoms with Crippen molar-refractivity contribution in [3.63, 3.8) is 0 Å². The highest BCUT2D eigenvalue weighted by Crippen LogP contribution is 2.40. The minimum Gasteiger partial charge on any atom is -0.351 e. The summed E-state index contributed by atoms with van der Waals surface area (Å²) in [4.78, 5) is 46.8. The molecule has 224 valence electrons. The number of alkyl halides is 2. The third-order valence-corrected chi connectivity index (χ3v) is 7.53. The first-order valence-corrected chi connectivity index (χ1v) is 13.3. The number of pyridine rings is 1. The van der Waals surface area contributed by atoms with Gasteiger partial charge in [-0.3, -0.25) is 24.2 Å². The molecule has 1 aromatic heterocycles. The summed E-state index contributed by atoms with van der Waals surface area (Å²) in [6, 6.07) is 9.67. The Labute approximate surface area is 249 Å². The number of amides is 3. The van der Waals surface area contributed by atoms with Crippen molar-refractivity contribution in [2.75, 3.05) is 9.80 Å². The highest BCUT2D eigenvalue weighted by Gasteiger charge is 2.49. The normalized spacial score (nSPS) is 18.2. The fourth-order valence-corrected chi connectivity index (χ4v) is 5.44. The largest absolute Gasteiger partial charge is 0.351 e. The Hall–Kier alpha value is -4.50. The number of halogens is 5. The predicted octanol–water partition coefficient (Wildman–Crippen LogP) is 5.70. The Balaban J connectivity index is 0.00000423. The zero-order valence-corrected chi connectivity index (χ0v) is 22.5. The monoisotopic (exact) mass is 615 g/mol. The maximum atomic E-state index is 15.2. The van der Waals surface area contributed by atoms with E-state index in [1.165, 1.54) is 24.3 Å². The van der Waals surface area contributed by atoms with E-state index < -0.39 is 77.6 Å². The number of benzene rings is 2. The summed E-state index contributed by atoms with van der Waals surface area (Å²) in [7, 11) is 0. The second-order valence-corrected chi connectivity index (χ2v) is 10.4. The first-order chi connectivity index (χ1) is 20.0. The number of carbonyl (C=O) groups is 3. The number of nitrogens with zero attached hydrogens (tertiary/aromatic N) is 4. The van der Waals surface area contributed by atoms with E-state index in [1.807, 2.05) is 0 Å². The van der Waals surface area contributed by atoms with Gasteiger partial charge in [0.1, 0.15) is 24.0 Å². The van der Waals surface area contributed by atoms with Crippen molar-refractivity contribution in [3.8, 4) is 6.07 Å². The average Bonchev–Trinajstić information content (AvgIpc) is 3.32. The molecule has 1 saturated heterocycles. The van der Waals surface area contributed by atoms with Gasteiger partial charge in [0, 0.05) is 47.8 Å². The molecule has 2 aromatic carbocycles. The highest BCUT2D eigenvalue weighted by atomic mass is 35.5. The van der Waals surface area contributed by atoms with Gasteiger partial charge in [-0.05, 0) is 36.8 Å². The molecule has 2 fully saturated rings. The van der Waals surface area contributed by atoms with Crippen LogP contribution >= 0.6 is 11.6 Å². The number of hydrogen-bond donors (Lipinski definition) is 1. The molecule has 2 aliphatic rings. The lowest BCUT2D eigenvalue weighted by Crippen LogP contribution is -2.56. The van der Waals surface area contributed by atoms with Crippen LogP contribution in [0.15, 0.2) is 60.8 Å². The third kappa shape index (κ3) is 6.17. The van der Waals surface area contributed by atoms with Crippen molar-refractivity contribution in [2.24, 2.45) is 0 Å². The van der Waals surface area contributed by atoms with Gasteiger partial charge in [-0.15, -0.1) is 0 Å². The van der Waals surface area contributed by atoms with Crippen molar-refractivity contribution in [1.82, 2.24) is 10.3 Å². The van der Waals surface area contributed by atoms with Crippen molar-refractivity contribution >= 4 is 40.8 Å². The predicted molar refractivity (Wildman–Crippen MR) is 150 cm³/mol. The summed E-state index contributed by atoms with van der Waals surface area (Å²) in [5.74, 6) is -7.81. The van der Waals surface area contributed by atoms with Crippen molar-refractivity contribution < 1.29 is 31.9 Å². The summed E-state index contributed by atoms with van der Waals surface area (Å²) >= 11 is 6.46. The third-order valence-electron chi connectivity index (χ3n) is 7.18. The molecule has 8 nitrogen and oxygen atoms in total. The van der Waals surface area contributed by atoms with Crippen LogP contribution in [0.25, 0.3) is 0 Å². The van der Waals surface area contributed by atoms with E-state index in [4.69, 9.17) is 11.6 Å². The van der Waals surface area contributed by atoms with Crippen LogP contribution in [0.5, 0.6) is 0 Å². The molecule has 1 saturated carbocycles. The molecule has 43 heavy (non-hydrogen) atoms. The minimum absolute atomic E-state index is 0. The van der Waals surface area contributed by atoms with E-state index in [2.05, 4.69) is 10.3 Å². The van der Waals surface area contributed by atoms with E-state index >= 15 is 4.39 Å². The molecule has 13 heteroatoms. The maximum Gasteiger partial charge on any atom is 0.252 e. The molecule has 3 amide bonds. The zero-order chi connectivity index (χ0) is 30.2. The number of anilines is 2. The molecule has 0 unspecified atom stereocenters. The molecule has 0 radical (unpaired) electrons. The van der Waals surface area contributed by atoms with Gasteiger partial charge in [0.25, 0.3) is 11.8 Å². The minimum atomic E-state index is -2.95. The van der Waals surface area contributed by atoms with Gasteiger partial charge in [0.05, 0.1) is 5.56 Å². The van der Waals surface area contributed by atoms with E-state index in [-0.39, 0.29) is 36.5 Å². The summed E-state index contributed by atoms with van der Waals surface area (Å²) in [5.41, 5.74) is -0.400.